The summed E-state index contributed by atoms with van der Waals surface area (Å²) in [5.74, 6) is 1.75. The molecule has 0 spiro atoms. The molecule has 0 aromatic carbocycles. The summed E-state index contributed by atoms with van der Waals surface area (Å²) < 4.78 is 1.93. The van der Waals surface area contributed by atoms with E-state index in [0.29, 0.717) is 5.15 Å². The number of rotatable bonds is 3. The molecule has 0 aliphatic rings. The van der Waals surface area contributed by atoms with Crippen LogP contribution >= 0.6 is 11.6 Å². The van der Waals surface area contributed by atoms with Gasteiger partial charge in [-0.25, -0.2) is 15.0 Å². The zero-order valence-corrected chi connectivity index (χ0v) is 9.15. The third-order valence-electron chi connectivity index (χ3n) is 2.06. The lowest BCUT2D eigenvalue weighted by Crippen LogP contribution is -2.02. The maximum atomic E-state index is 5.81. The minimum Gasteiger partial charge on any atom is -0.288 e. The van der Waals surface area contributed by atoms with Gasteiger partial charge in [0.05, 0.1) is 0 Å². The van der Waals surface area contributed by atoms with Gasteiger partial charge in [-0.05, 0) is 6.42 Å². The maximum absolute atomic E-state index is 5.81. The van der Waals surface area contributed by atoms with Crippen LogP contribution in [0, 0.1) is 0 Å². The molecule has 0 fully saturated rings. The topological polar surface area (TPSA) is 43.6 Å². The second-order valence-electron chi connectivity index (χ2n) is 3.16. The largest absolute Gasteiger partial charge is 0.288 e. The molecule has 0 aliphatic heterocycles. The van der Waals surface area contributed by atoms with Crippen LogP contribution in [0.2, 0.25) is 5.15 Å². The Kier molecular flexibility index (Phi) is 2.97. The molecule has 0 amide bonds. The summed E-state index contributed by atoms with van der Waals surface area (Å²) in [5, 5.41) is 0.441. The third-order valence-corrected chi connectivity index (χ3v) is 2.26. The molecule has 4 nitrogen and oxygen atoms in total. The van der Waals surface area contributed by atoms with Crippen LogP contribution in [0.3, 0.4) is 0 Å². The van der Waals surface area contributed by atoms with Gasteiger partial charge < -0.3 is 0 Å². The number of hydrogen-bond acceptors (Lipinski definition) is 3. The molecular formula is C10H11ClN4. The van der Waals surface area contributed by atoms with Crippen molar-refractivity contribution in [1.29, 1.82) is 0 Å². The number of nitrogens with zero attached hydrogens (tertiary/aromatic N) is 4. The lowest BCUT2D eigenvalue weighted by atomic mass is 10.3. The highest BCUT2D eigenvalue weighted by Crippen LogP contribution is 2.12. The van der Waals surface area contributed by atoms with Crippen molar-refractivity contribution in [1.82, 2.24) is 19.5 Å². The van der Waals surface area contributed by atoms with Crippen molar-refractivity contribution in [2.45, 2.75) is 19.8 Å². The zero-order chi connectivity index (χ0) is 10.7. The Balaban J connectivity index is 2.40. The SMILES string of the molecule is CCCc1nccn1-c1cc(Cl)ncn1. The van der Waals surface area contributed by atoms with E-state index in [1.807, 2.05) is 10.8 Å². The molecule has 0 saturated heterocycles. The van der Waals surface area contributed by atoms with Crippen LogP contribution in [0.5, 0.6) is 0 Å². The van der Waals surface area contributed by atoms with Gasteiger partial charge in [-0.2, -0.15) is 0 Å². The van der Waals surface area contributed by atoms with Crippen LogP contribution in [-0.2, 0) is 6.42 Å². The molecule has 0 unspecified atom stereocenters. The van der Waals surface area contributed by atoms with Crippen molar-refractivity contribution >= 4 is 11.6 Å². The van der Waals surface area contributed by atoms with E-state index in [-0.39, 0.29) is 0 Å². The van der Waals surface area contributed by atoms with E-state index in [1.165, 1.54) is 6.33 Å². The quantitative estimate of drug-likeness (QED) is 0.749. The molecule has 0 N–H and O–H groups in total. The Bertz CT molecular complexity index is 452. The normalized spacial score (nSPS) is 10.5. The Hall–Kier alpha value is -1.42. The van der Waals surface area contributed by atoms with Gasteiger partial charge in [0.15, 0.2) is 0 Å². The fraction of sp³-hybridized carbons (Fsp3) is 0.300. The average molecular weight is 223 g/mol. The summed E-state index contributed by atoms with van der Waals surface area (Å²) in [6, 6.07) is 1.72. The first-order valence-electron chi connectivity index (χ1n) is 4.81. The van der Waals surface area contributed by atoms with E-state index < -0.39 is 0 Å². The fourth-order valence-electron chi connectivity index (χ4n) is 1.41. The smallest absolute Gasteiger partial charge is 0.142 e. The summed E-state index contributed by atoms with van der Waals surface area (Å²) in [4.78, 5) is 12.3. The van der Waals surface area contributed by atoms with Crippen LogP contribution in [0.4, 0.5) is 0 Å². The van der Waals surface area contributed by atoms with E-state index in [4.69, 9.17) is 11.6 Å². The summed E-state index contributed by atoms with van der Waals surface area (Å²) >= 11 is 5.81. The zero-order valence-electron chi connectivity index (χ0n) is 8.39. The highest BCUT2D eigenvalue weighted by atomic mass is 35.5. The van der Waals surface area contributed by atoms with Crippen LogP contribution in [0.1, 0.15) is 19.2 Å². The monoisotopic (exact) mass is 222 g/mol. The molecule has 2 heterocycles. The number of hydrogen-bond donors (Lipinski definition) is 0. The fourth-order valence-corrected chi connectivity index (χ4v) is 1.55. The highest BCUT2D eigenvalue weighted by Gasteiger charge is 2.05. The van der Waals surface area contributed by atoms with E-state index in [9.17, 15) is 0 Å². The molecule has 2 rings (SSSR count). The van der Waals surface area contributed by atoms with Gasteiger partial charge in [-0.1, -0.05) is 18.5 Å². The highest BCUT2D eigenvalue weighted by molar-refractivity contribution is 6.29. The molecule has 5 heteroatoms. The van der Waals surface area contributed by atoms with Gasteiger partial charge in [-0.3, -0.25) is 4.57 Å². The number of imidazole rings is 1. The second kappa shape index (κ2) is 4.40. The summed E-state index contributed by atoms with van der Waals surface area (Å²) in [6.07, 6.45) is 7.07. The molecule has 0 bridgehead atoms. The summed E-state index contributed by atoms with van der Waals surface area (Å²) in [7, 11) is 0. The summed E-state index contributed by atoms with van der Waals surface area (Å²) in [6.45, 7) is 2.12. The molecule has 0 radical (unpaired) electrons. The van der Waals surface area contributed by atoms with Gasteiger partial charge >= 0.3 is 0 Å². The van der Waals surface area contributed by atoms with Crippen LogP contribution < -0.4 is 0 Å². The molecule has 0 aliphatic carbocycles. The van der Waals surface area contributed by atoms with Crippen LogP contribution in [0.25, 0.3) is 5.82 Å². The van der Waals surface area contributed by atoms with E-state index in [2.05, 4.69) is 21.9 Å². The van der Waals surface area contributed by atoms with Gasteiger partial charge in [0.25, 0.3) is 0 Å². The van der Waals surface area contributed by atoms with Crippen LogP contribution in [0.15, 0.2) is 24.8 Å². The Morgan fingerprint density at radius 1 is 1.33 bits per heavy atom. The summed E-state index contributed by atoms with van der Waals surface area (Å²) in [5.41, 5.74) is 0. The Morgan fingerprint density at radius 3 is 2.93 bits per heavy atom. The average Bonchev–Trinajstić information content (AvgIpc) is 2.66. The Labute approximate surface area is 93.0 Å². The van der Waals surface area contributed by atoms with Crippen molar-refractivity contribution in [2.75, 3.05) is 0 Å². The van der Waals surface area contributed by atoms with E-state index in [0.717, 1.165) is 24.5 Å². The molecular weight excluding hydrogens is 212 g/mol. The van der Waals surface area contributed by atoms with Gasteiger partial charge in [0.1, 0.15) is 23.1 Å². The predicted octanol–water partition coefficient (Wildman–Crippen LogP) is 2.27. The lowest BCUT2D eigenvalue weighted by Gasteiger charge is -2.05. The minimum atomic E-state index is 0.441. The number of halogens is 1. The lowest BCUT2D eigenvalue weighted by molar-refractivity contribution is 0.796. The van der Waals surface area contributed by atoms with Gasteiger partial charge in [0.2, 0.25) is 0 Å². The molecule has 15 heavy (non-hydrogen) atoms. The van der Waals surface area contributed by atoms with Gasteiger partial charge in [-0.15, -0.1) is 0 Å². The van der Waals surface area contributed by atoms with E-state index >= 15 is 0 Å². The van der Waals surface area contributed by atoms with Crippen LogP contribution in [-0.4, -0.2) is 19.5 Å². The van der Waals surface area contributed by atoms with Crippen molar-refractivity contribution in [3.63, 3.8) is 0 Å². The molecule has 0 atom stereocenters. The first kappa shape index (κ1) is 10.1. The van der Waals surface area contributed by atoms with E-state index in [1.54, 1.807) is 12.3 Å². The van der Waals surface area contributed by atoms with Crippen molar-refractivity contribution in [2.24, 2.45) is 0 Å². The number of aryl methyl sites for hydroxylation is 1. The number of aromatic nitrogens is 4. The molecule has 0 saturated carbocycles. The molecule has 2 aromatic rings. The third kappa shape index (κ3) is 2.15. The standard InChI is InChI=1S/C10H11ClN4/c1-2-3-9-12-4-5-15(9)10-6-8(11)13-7-14-10/h4-7H,2-3H2,1H3. The first-order valence-corrected chi connectivity index (χ1v) is 5.19. The molecule has 2 aromatic heterocycles. The Morgan fingerprint density at radius 2 is 2.20 bits per heavy atom. The van der Waals surface area contributed by atoms with Crippen molar-refractivity contribution < 1.29 is 0 Å². The maximum Gasteiger partial charge on any atom is 0.142 e. The van der Waals surface area contributed by atoms with Crippen molar-refractivity contribution in [3.05, 3.63) is 35.8 Å². The van der Waals surface area contributed by atoms with Crippen molar-refractivity contribution in [3.8, 4) is 5.82 Å². The first-order chi connectivity index (χ1) is 7.31. The molecule has 78 valence electrons. The van der Waals surface area contributed by atoms with Gasteiger partial charge in [0, 0.05) is 24.9 Å². The predicted molar refractivity (Wildman–Crippen MR) is 58.2 cm³/mol. The minimum absolute atomic E-state index is 0.441. The second-order valence-corrected chi connectivity index (χ2v) is 3.55.